The van der Waals surface area contributed by atoms with Crippen LogP contribution in [0, 0.1) is 12.8 Å². The number of aromatic nitrogens is 3. The highest BCUT2D eigenvalue weighted by Gasteiger charge is 2.09. The van der Waals surface area contributed by atoms with Crippen LogP contribution in [0.1, 0.15) is 32.4 Å². The smallest absolute Gasteiger partial charge is 0.177 e. The number of aromatic amines is 1. The van der Waals surface area contributed by atoms with Gasteiger partial charge in [-0.25, -0.2) is 4.98 Å². The molecule has 0 aliphatic rings. The van der Waals surface area contributed by atoms with Crippen LogP contribution in [0.2, 0.25) is 0 Å². The second-order valence-electron chi connectivity index (χ2n) is 3.55. The van der Waals surface area contributed by atoms with Crippen molar-refractivity contribution in [2.75, 3.05) is 0 Å². The Hall–Kier alpha value is -1.38. The fraction of sp³-hybridized carbons (Fsp3) is 0.455. The molecule has 76 valence electrons. The van der Waals surface area contributed by atoms with Gasteiger partial charge in [-0.15, -0.1) is 0 Å². The van der Waals surface area contributed by atoms with Crippen molar-refractivity contribution in [1.82, 2.24) is 15.2 Å². The van der Waals surface area contributed by atoms with E-state index in [1.54, 1.807) is 0 Å². The fourth-order valence-corrected chi connectivity index (χ4v) is 1.20. The molecule has 3 heteroatoms. The molecule has 0 saturated heterocycles. The molecule has 1 N–H and O–H groups in total. The second-order valence-corrected chi connectivity index (χ2v) is 3.55. The molecule has 0 radical (unpaired) electrons. The van der Waals surface area contributed by atoms with E-state index < -0.39 is 0 Å². The monoisotopic (exact) mass is 191 g/mol. The Morgan fingerprint density at radius 2 is 2.14 bits per heavy atom. The quantitative estimate of drug-likeness (QED) is 0.746. The van der Waals surface area contributed by atoms with E-state index in [0.29, 0.717) is 5.92 Å². The van der Waals surface area contributed by atoms with E-state index in [4.69, 9.17) is 0 Å². The van der Waals surface area contributed by atoms with E-state index in [1.165, 1.54) is 0 Å². The lowest BCUT2D eigenvalue weighted by Crippen LogP contribution is -1.95. The topological polar surface area (TPSA) is 41.6 Å². The van der Waals surface area contributed by atoms with E-state index >= 15 is 0 Å². The fourth-order valence-electron chi connectivity index (χ4n) is 1.20. The van der Waals surface area contributed by atoms with E-state index in [1.807, 2.05) is 26.0 Å². The van der Waals surface area contributed by atoms with Crippen LogP contribution in [0.15, 0.2) is 18.2 Å². The maximum absolute atomic E-state index is 4.32. The summed E-state index contributed by atoms with van der Waals surface area (Å²) in [7, 11) is 0. The Kier molecular flexibility index (Phi) is 3.63. The van der Waals surface area contributed by atoms with Crippen molar-refractivity contribution in [3.8, 4) is 0 Å². The van der Waals surface area contributed by atoms with Gasteiger partial charge in [-0.05, 0) is 19.8 Å². The summed E-state index contributed by atoms with van der Waals surface area (Å²) >= 11 is 0. The lowest BCUT2D eigenvalue weighted by Gasteiger charge is -2.05. The molecule has 1 aromatic rings. The molecule has 0 fully saturated rings. The molecule has 0 amide bonds. The normalized spacial score (nSPS) is 13.1. The molecule has 1 rings (SSSR count). The minimum Gasteiger partial charge on any atom is -0.263 e. The standard InChI is InChI=1S/C11H17N3/c1-5-6-7-10(8(2)3)11-12-9(4)13-14-11/h5-8H,1-4H3,(H,12,13,14)/b6-5-,10-7+. The molecule has 0 aliphatic carbocycles. The van der Waals surface area contributed by atoms with Crippen LogP contribution in [0.25, 0.3) is 5.57 Å². The number of rotatable bonds is 3. The van der Waals surface area contributed by atoms with Gasteiger partial charge in [0.1, 0.15) is 5.82 Å². The minimum atomic E-state index is 0.432. The summed E-state index contributed by atoms with van der Waals surface area (Å²) in [5, 5.41) is 7.01. The Morgan fingerprint density at radius 3 is 2.57 bits per heavy atom. The number of hydrogen-bond donors (Lipinski definition) is 1. The average Bonchev–Trinajstić information content (AvgIpc) is 2.52. The molecule has 1 aromatic heterocycles. The van der Waals surface area contributed by atoms with Crippen molar-refractivity contribution in [1.29, 1.82) is 0 Å². The molecule has 0 aromatic carbocycles. The van der Waals surface area contributed by atoms with Crippen LogP contribution in [0.4, 0.5) is 0 Å². The van der Waals surface area contributed by atoms with Gasteiger partial charge in [0.2, 0.25) is 0 Å². The number of H-pyrrole nitrogens is 1. The summed E-state index contributed by atoms with van der Waals surface area (Å²) in [6.07, 6.45) is 6.08. The minimum absolute atomic E-state index is 0.432. The molecular weight excluding hydrogens is 174 g/mol. The Bertz CT molecular complexity index is 345. The van der Waals surface area contributed by atoms with Gasteiger partial charge in [0.15, 0.2) is 5.82 Å². The van der Waals surface area contributed by atoms with E-state index in [9.17, 15) is 0 Å². The van der Waals surface area contributed by atoms with Crippen LogP contribution in [-0.2, 0) is 0 Å². The van der Waals surface area contributed by atoms with E-state index in [-0.39, 0.29) is 0 Å². The first-order valence-electron chi connectivity index (χ1n) is 4.87. The van der Waals surface area contributed by atoms with Crippen molar-refractivity contribution >= 4 is 5.57 Å². The predicted octanol–water partition coefficient (Wildman–Crippen LogP) is 2.73. The van der Waals surface area contributed by atoms with Gasteiger partial charge in [-0.3, -0.25) is 5.10 Å². The molecule has 0 unspecified atom stereocenters. The van der Waals surface area contributed by atoms with Crippen LogP contribution in [-0.4, -0.2) is 15.2 Å². The zero-order valence-electron chi connectivity index (χ0n) is 9.20. The van der Waals surface area contributed by atoms with Crippen molar-refractivity contribution in [3.05, 3.63) is 29.9 Å². The van der Waals surface area contributed by atoms with E-state index in [2.05, 4.69) is 35.1 Å². The molecular formula is C11H17N3. The summed E-state index contributed by atoms with van der Waals surface area (Å²) in [5.41, 5.74) is 1.16. The van der Waals surface area contributed by atoms with Gasteiger partial charge < -0.3 is 0 Å². The van der Waals surface area contributed by atoms with E-state index in [0.717, 1.165) is 17.2 Å². The zero-order valence-corrected chi connectivity index (χ0v) is 9.20. The Balaban J connectivity index is 3.00. The number of nitrogens with zero attached hydrogens (tertiary/aromatic N) is 2. The highest BCUT2D eigenvalue weighted by molar-refractivity contribution is 5.62. The first-order chi connectivity index (χ1) is 6.65. The zero-order chi connectivity index (χ0) is 10.6. The summed E-state index contributed by atoms with van der Waals surface area (Å²) in [4.78, 5) is 4.32. The van der Waals surface area contributed by atoms with Crippen LogP contribution >= 0.6 is 0 Å². The van der Waals surface area contributed by atoms with Gasteiger partial charge in [0.05, 0.1) is 0 Å². The average molecular weight is 191 g/mol. The molecule has 14 heavy (non-hydrogen) atoms. The molecule has 1 heterocycles. The highest BCUT2D eigenvalue weighted by atomic mass is 15.2. The molecule has 0 saturated carbocycles. The lowest BCUT2D eigenvalue weighted by atomic mass is 10.0. The van der Waals surface area contributed by atoms with Gasteiger partial charge in [-0.1, -0.05) is 32.1 Å². The molecule has 0 bridgehead atoms. The lowest BCUT2D eigenvalue weighted by molar-refractivity contribution is 0.839. The number of allylic oxidation sites excluding steroid dienone is 4. The third kappa shape index (κ3) is 2.55. The largest absolute Gasteiger partial charge is 0.263 e. The Labute approximate surface area is 85.0 Å². The summed E-state index contributed by atoms with van der Waals surface area (Å²) in [5.74, 6) is 2.09. The number of aryl methyl sites for hydroxylation is 1. The predicted molar refractivity (Wildman–Crippen MR) is 58.7 cm³/mol. The maximum atomic E-state index is 4.32. The van der Waals surface area contributed by atoms with Gasteiger partial charge in [0.25, 0.3) is 0 Å². The molecule has 3 nitrogen and oxygen atoms in total. The van der Waals surface area contributed by atoms with Crippen molar-refractivity contribution < 1.29 is 0 Å². The van der Waals surface area contributed by atoms with Crippen molar-refractivity contribution in [2.45, 2.75) is 27.7 Å². The van der Waals surface area contributed by atoms with Gasteiger partial charge >= 0.3 is 0 Å². The third-order valence-electron chi connectivity index (χ3n) is 1.95. The Morgan fingerprint density at radius 1 is 1.43 bits per heavy atom. The first kappa shape index (κ1) is 10.7. The molecule has 0 atom stereocenters. The summed E-state index contributed by atoms with van der Waals surface area (Å²) < 4.78 is 0. The van der Waals surface area contributed by atoms with Gasteiger partial charge in [0, 0.05) is 5.57 Å². The summed E-state index contributed by atoms with van der Waals surface area (Å²) in [6.45, 7) is 8.18. The van der Waals surface area contributed by atoms with Gasteiger partial charge in [-0.2, -0.15) is 5.10 Å². The SMILES string of the molecule is C/C=C\C=C(\c1n[nH]c(C)n1)C(C)C. The number of hydrogen-bond acceptors (Lipinski definition) is 2. The number of nitrogens with one attached hydrogen (secondary N) is 1. The van der Waals surface area contributed by atoms with Crippen LogP contribution in [0.3, 0.4) is 0 Å². The first-order valence-corrected chi connectivity index (χ1v) is 4.87. The third-order valence-corrected chi connectivity index (χ3v) is 1.95. The van der Waals surface area contributed by atoms with Crippen molar-refractivity contribution in [2.24, 2.45) is 5.92 Å². The summed E-state index contributed by atoms with van der Waals surface area (Å²) in [6, 6.07) is 0. The van der Waals surface area contributed by atoms with Crippen LogP contribution in [0.5, 0.6) is 0 Å². The highest BCUT2D eigenvalue weighted by Crippen LogP contribution is 2.19. The second kappa shape index (κ2) is 4.74. The van der Waals surface area contributed by atoms with Crippen molar-refractivity contribution in [3.63, 3.8) is 0 Å². The van der Waals surface area contributed by atoms with Crippen LogP contribution < -0.4 is 0 Å². The molecule has 0 aliphatic heterocycles. The molecule has 0 spiro atoms. The maximum Gasteiger partial charge on any atom is 0.177 e.